The van der Waals surface area contributed by atoms with Crippen LogP contribution in [0.15, 0.2) is 0 Å². The molecular weight excluding hydrogens is 146 g/mol. The highest BCUT2D eigenvalue weighted by Crippen LogP contribution is 1.97. The van der Waals surface area contributed by atoms with Gasteiger partial charge >= 0.3 is 5.97 Å². The summed E-state index contributed by atoms with van der Waals surface area (Å²) in [6.07, 6.45) is 1.11. The smallest absolute Gasteiger partial charge is 0.320 e. The summed E-state index contributed by atoms with van der Waals surface area (Å²) in [6, 6.07) is -1.03. The fraction of sp³-hybridized carbons (Fsp3) is 0.714. The summed E-state index contributed by atoms with van der Waals surface area (Å²) < 4.78 is 0. The molecule has 3 N–H and O–H groups in total. The van der Waals surface area contributed by atoms with Crippen molar-refractivity contribution >= 4 is 11.8 Å². The molecule has 0 aromatic carbocycles. The zero-order valence-corrected chi connectivity index (χ0v) is 6.54. The van der Waals surface area contributed by atoms with Gasteiger partial charge in [0.15, 0.2) is 0 Å². The number of nitrogens with two attached hydrogens (primary N) is 1. The van der Waals surface area contributed by atoms with E-state index in [4.69, 9.17) is 10.8 Å². The molecule has 0 amide bonds. The van der Waals surface area contributed by atoms with E-state index < -0.39 is 12.0 Å². The first kappa shape index (κ1) is 10.1. The lowest BCUT2D eigenvalue weighted by Crippen LogP contribution is -2.32. The fourth-order valence-electron chi connectivity index (χ4n) is 0.713. The highest BCUT2D eigenvalue weighted by molar-refractivity contribution is 5.85. The molecule has 4 heteroatoms. The van der Waals surface area contributed by atoms with Crippen LogP contribution in [-0.4, -0.2) is 22.9 Å². The van der Waals surface area contributed by atoms with Crippen LogP contribution in [0.2, 0.25) is 0 Å². The number of carboxylic acids is 1. The largest absolute Gasteiger partial charge is 0.480 e. The van der Waals surface area contributed by atoms with Crippen LogP contribution < -0.4 is 5.73 Å². The van der Waals surface area contributed by atoms with Gasteiger partial charge in [0.2, 0.25) is 0 Å². The minimum absolute atomic E-state index is 0.0524. The molecule has 0 spiro atoms. The Hall–Kier alpha value is -0.900. The van der Waals surface area contributed by atoms with Gasteiger partial charge in [0, 0.05) is 12.8 Å². The summed E-state index contributed by atoms with van der Waals surface area (Å²) in [4.78, 5) is 21.0. The van der Waals surface area contributed by atoms with Gasteiger partial charge in [-0.25, -0.2) is 0 Å². The Morgan fingerprint density at radius 1 is 1.55 bits per heavy atom. The molecule has 0 heterocycles. The van der Waals surface area contributed by atoms with Crippen molar-refractivity contribution in [1.82, 2.24) is 0 Å². The lowest BCUT2D eigenvalue weighted by molar-refractivity contribution is -0.140. The lowest BCUT2D eigenvalue weighted by Gasteiger charge is -2.03. The Kier molecular flexibility index (Phi) is 4.45. The molecule has 4 nitrogen and oxygen atoms in total. The van der Waals surface area contributed by atoms with Crippen molar-refractivity contribution in [3.8, 4) is 0 Å². The second kappa shape index (κ2) is 4.85. The second-order valence-corrected chi connectivity index (χ2v) is 2.44. The molecule has 0 aliphatic heterocycles. The molecule has 0 aliphatic rings. The van der Waals surface area contributed by atoms with E-state index in [1.54, 1.807) is 0 Å². The molecule has 0 saturated heterocycles. The predicted molar refractivity (Wildman–Crippen MR) is 40.1 cm³/mol. The summed E-state index contributed by atoms with van der Waals surface area (Å²) in [6.45, 7) is 1.87. The summed E-state index contributed by atoms with van der Waals surface area (Å²) >= 11 is 0. The first-order chi connectivity index (χ1) is 5.07. The van der Waals surface area contributed by atoms with E-state index in [2.05, 4.69) is 0 Å². The molecule has 0 bridgehead atoms. The van der Waals surface area contributed by atoms with Gasteiger partial charge in [-0.3, -0.25) is 9.59 Å². The highest BCUT2D eigenvalue weighted by Gasteiger charge is 2.14. The monoisotopic (exact) mass is 159 g/mol. The van der Waals surface area contributed by atoms with Crippen molar-refractivity contribution in [2.24, 2.45) is 5.73 Å². The number of carbonyl (C=O) groups excluding carboxylic acids is 1. The maximum absolute atomic E-state index is 10.8. The summed E-state index contributed by atoms with van der Waals surface area (Å²) in [5.74, 6) is -1.20. The number of carboxylic acid groups (broad SMARTS) is 1. The van der Waals surface area contributed by atoms with Crippen molar-refractivity contribution in [2.45, 2.75) is 32.2 Å². The number of carbonyl (C=O) groups is 2. The number of Topliss-reactive ketones (excluding diaryl/α,β-unsaturated/α-hetero) is 1. The summed E-state index contributed by atoms with van der Waals surface area (Å²) in [7, 11) is 0. The van der Waals surface area contributed by atoms with Crippen LogP contribution in [0.5, 0.6) is 0 Å². The number of hydrogen-bond acceptors (Lipinski definition) is 3. The van der Waals surface area contributed by atoms with Crippen LogP contribution in [0.4, 0.5) is 0 Å². The van der Waals surface area contributed by atoms with Gasteiger partial charge in [0.05, 0.1) is 0 Å². The molecule has 0 saturated carbocycles. The van der Waals surface area contributed by atoms with Crippen LogP contribution in [0.3, 0.4) is 0 Å². The number of rotatable bonds is 5. The fourth-order valence-corrected chi connectivity index (χ4v) is 0.713. The Morgan fingerprint density at radius 3 is 2.45 bits per heavy atom. The third-order valence-corrected chi connectivity index (χ3v) is 1.29. The average molecular weight is 159 g/mol. The number of hydrogen-bond donors (Lipinski definition) is 2. The summed E-state index contributed by atoms with van der Waals surface area (Å²) in [5.41, 5.74) is 5.13. The molecule has 0 radical (unpaired) electrons. The predicted octanol–water partition coefficient (Wildman–Crippen LogP) is 0.158. The van der Waals surface area contributed by atoms with E-state index in [0.717, 1.165) is 6.42 Å². The van der Waals surface area contributed by atoms with Crippen LogP contribution >= 0.6 is 0 Å². The highest BCUT2D eigenvalue weighted by atomic mass is 16.4. The van der Waals surface area contributed by atoms with E-state index >= 15 is 0 Å². The lowest BCUT2D eigenvalue weighted by atomic mass is 10.1. The number of ketones is 1. The Morgan fingerprint density at radius 2 is 2.09 bits per heavy atom. The number of aliphatic carboxylic acids is 1. The SMILES string of the molecule is CCCC(=O)CC(N)C(=O)O. The molecule has 0 rings (SSSR count). The van der Waals surface area contributed by atoms with Crippen LogP contribution in [0.25, 0.3) is 0 Å². The van der Waals surface area contributed by atoms with Gasteiger partial charge in [-0.2, -0.15) is 0 Å². The molecule has 0 aliphatic carbocycles. The van der Waals surface area contributed by atoms with E-state index in [1.165, 1.54) is 0 Å². The normalized spacial score (nSPS) is 12.5. The van der Waals surface area contributed by atoms with Crippen molar-refractivity contribution in [1.29, 1.82) is 0 Å². The average Bonchev–Trinajstić information content (AvgIpc) is 1.87. The zero-order chi connectivity index (χ0) is 8.85. The van der Waals surface area contributed by atoms with Crippen molar-refractivity contribution in [3.05, 3.63) is 0 Å². The Balaban J connectivity index is 3.66. The topological polar surface area (TPSA) is 80.4 Å². The third kappa shape index (κ3) is 4.50. The van der Waals surface area contributed by atoms with Gasteiger partial charge < -0.3 is 10.8 Å². The first-order valence-electron chi connectivity index (χ1n) is 3.58. The van der Waals surface area contributed by atoms with Crippen molar-refractivity contribution < 1.29 is 14.7 Å². The summed E-state index contributed by atoms with van der Waals surface area (Å²) in [5, 5.41) is 8.32. The van der Waals surface area contributed by atoms with Crippen LogP contribution in [-0.2, 0) is 9.59 Å². The van der Waals surface area contributed by atoms with Gasteiger partial charge in [-0.1, -0.05) is 6.92 Å². The Labute approximate surface area is 65.4 Å². The molecule has 0 aromatic heterocycles. The van der Waals surface area contributed by atoms with E-state index in [0.29, 0.717) is 6.42 Å². The van der Waals surface area contributed by atoms with Gasteiger partial charge in [-0.15, -0.1) is 0 Å². The van der Waals surface area contributed by atoms with Crippen molar-refractivity contribution in [2.75, 3.05) is 0 Å². The van der Waals surface area contributed by atoms with Gasteiger partial charge in [-0.05, 0) is 6.42 Å². The molecule has 11 heavy (non-hydrogen) atoms. The molecule has 1 unspecified atom stereocenters. The van der Waals surface area contributed by atoms with Gasteiger partial charge in [0.25, 0.3) is 0 Å². The van der Waals surface area contributed by atoms with Crippen LogP contribution in [0.1, 0.15) is 26.2 Å². The van der Waals surface area contributed by atoms with Crippen LogP contribution in [0, 0.1) is 0 Å². The minimum atomic E-state index is -1.12. The van der Waals surface area contributed by atoms with Crippen molar-refractivity contribution in [3.63, 3.8) is 0 Å². The molecule has 64 valence electrons. The van der Waals surface area contributed by atoms with E-state index in [-0.39, 0.29) is 12.2 Å². The molecule has 0 aromatic rings. The second-order valence-electron chi connectivity index (χ2n) is 2.44. The maximum Gasteiger partial charge on any atom is 0.320 e. The molecule has 0 fully saturated rings. The van der Waals surface area contributed by atoms with E-state index in [1.807, 2.05) is 6.92 Å². The first-order valence-corrected chi connectivity index (χ1v) is 3.58. The molecule has 1 atom stereocenters. The maximum atomic E-state index is 10.8. The molecular formula is C7H13NO3. The Bertz CT molecular complexity index is 156. The van der Waals surface area contributed by atoms with E-state index in [9.17, 15) is 9.59 Å². The zero-order valence-electron chi connectivity index (χ0n) is 6.54. The standard InChI is InChI=1S/C7H13NO3/c1-2-3-5(9)4-6(8)7(10)11/h6H,2-4,8H2,1H3,(H,10,11). The third-order valence-electron chi connectivity index (χ3n) is 1.29. The minimum Gasteiger partial charge on any atom is -0.480 e. The van der Waals surface area contributed by atoms with Gasteiger partial charge in [0.1, 0.15) is 11.8 Å². The quantitative estimate of drug-likeness (QED) is 0.598.